The average Bonchev–Trinajstić information content (AvgIpc) is 3.16. The number of likely N-dealkylation sites (N-methyl/N-ethyl adjacent to an activating group) is 1. The molecule has 0 bridgehead atoms. The first kappa shape index (κ1) is 24.3. The largest absolute Gasteiger partial charge is 0.308 e. The van der Waals surface area contributed by atoms with E-state index in [9.17, 15) is 17.6 Å². The van der Waals surface area contributed by atoms with Gasteiger partial charge in [-0.1, -0.05) is 24.3 Å². The first-order chi connectivity index (χ1) is 15.2. The number of nitrogens with zero attached hydrogens (tertiary/aromatic N) is 3. The number of hydrogen-bond acceptors (Lipinski definition) is 6. The zero-order chi connectivity index (χ0) is 23.3. The van der Waals surface area contributed by atoms with Crippen LogP contribution in [0.15, 0.2) is 47.4 Å². The molecule has 0 aliphatic carbocycles. The smallest absolute Gasteiger partial charge is 0.228 e. The molecule has 0 spiro atoms. The third kappa shape index (κ3) is 6.11. The van der Waals surface area contributed by atoms with Crippen LogP contribution in [-0.4, -0.2) is 57.1 Å². The van der Waals surface area contributed by atoms with E-state index < -0.39 is 15.7 Å². The van der Waals surface area contributed by atoms with E-state index >= 15 is 0 Å². The van der Waals surface area contributed by atoms with Crippen molar-refractivity contribution in [3.05, 3.63) is 53.8 Å². The second-order valence-corrected chi connectivity index (χ2v) is 11.0. The van der Waals surface area contributed by atoms with Gasteiger partial charge in [0.05, 0.1) is 20.9 Å². The van der Waals surface area contributed by atoms with Crippen LogP contribution in [0.4, 0.5) is 9.52 Å². The predicted octanol–water partition coefficient (Wildman–Crippen LogP) is 4.15. The quantitative estimate of drug-likeness (QED) is 0.411. The number of anilines is 1. The molecule has 3 rings (SSSR count). The fraction of sp³-hybridized carbons (Fsp3) is 0.391. The summed E-state index contributed by atoms with van der Waals surface area (Å²) in [5, 5.41) is 0.626. The molecule has 0 radical (unpaired) electrons. The molecular formula is C23H28FN3O3S2. The first-order valence-electron chi connectivity index (χ1n) is 10.5. The summed E-state index contributed by atoms with van der Waals surface area (Å²) in [6.07, 6.45) is 1.20. The molecule has 0 N–H and O–H groups in total. The molecule has 0 aliphatic rings. The topological polar surface area (TPSA) is 70.6 Å². The van der Waals surface area contributed by atoms with Crippen LogP contribution in [0.2, 0.25) is 0 Å². The summed E-state index contributed by atoms with van der Waals surface area (Å²) >= 11 is 1.47. The Kier molecular flexibility index (Phi) is 7.97. The number of sulfone groups is 1. The molecule has 1 aromatic heterocycles. The summed E-state index contributed by atoms with van der Waals surface area (Å²) in [4.78, 5) is 21.4. The minimum Gasteiger partial charge on any atom is -0.308 e. The highest BCUT2D eigenvalue weighted by molar-refractivity contribution is 7.91. The van der Waals surface area contributed by atoms with Gasteiger partial charge in [0.15, 0.2) is 15.0 Å². The molecule has 0 unspecified atom stereocenters. The van der Waals surface area contributed by atoms with Crippen molar-refractivity contribution in [1.29, 1.82) is 0 Å². The summed E-state index contributed by atoms with van der Waals surface area (Å²) in [7, 11) is 0.293. The van der Waals surface area contributed by atoms with Gasteiger partial charge in [0, 0.05) is 19.5 Å². The minimum atomic E-state index is -3.58. The summed E-state index contributed by atoms with van der Waals surface area (Å²) in [6.45, 7) is 3.22. The molecule has 0 fully saturated rings. The Hall–Kier alpha value is -2.36. The Bertz CT molecular complexity index is 1170. The van der Waals surface area contributed by atoms with E-state index in [0.717, 1.165) is 28.8 Å². The molecule has 6 nitrogen and oxygen atoms in total. The molecule has 0 saturated heterocycles. The Labute approximate surface area is 192 Å². The lowest BCUT2D eigenvalue weighted by atomic mass is 10.2. The summed E-state index contributed by atoms with van der Waals surface area (Å²) in [6, 6.07) is 10.9. The lowest BCUT2D eigenvalue weighted by molar-refractivity contribution is -0.118. The van der Waals surface area contributed by atoms with Crippen LogP contribution in [0, 0.1) is 5.82 Å². The molecule has 0 atom stereocenters. The average molecular weight is 478 g/mol. The highest BCUT2D eigenvalue weighted by atomic mass is 32.2. The number of amides is 1. The maximum absolute atomic E-state index is 13.1. The van der Waals surface area contributed by atoms with Crippen LogP contribution in [0.5, 0.6) is 0 Å². The highest BCUT2D eigenvalue weighted by Crippen LogP contribution is 2.30. The second-order valence-electron chi connectivity index (χ2n) is 7.88. The number of rotatable bonds is 10. The molecule has 32 heavy (non-hydrogen) atoms. The Balaban J connectivity index is 1.72. The number of hydrogen-bond donors (Lipinski definition) is 0. The molecule has 1 amide bonds. The Morgan fingerprint density at radius 1 is 1.09 bits per heavy atom. The minimum absolute atomic E-state index is 0.0636. The van der Waals surface area contributed by atoms with Gasteiger partial charge < -0.3 is 4.90 Å². The zero-order valence-corrected chi connectivity index (χ0v) is 20.2. The molecule has 0 aliphatic heterocycles. The van der Waals surface area contributed by atoms with Crippen molar-refractivity contribution in [2.75, 3.05) is 37.8 Å². The summed E-state index contributed by atoms with van der Waals surface area (Å²) in [5.74, 6) is -0.820. The van der Waals surface area contributed by atoms with E-state index in [1.807, 2.05) is 31.1 Å². The second kappa shape index (κ2) is 10.5. The van der Waals surface area contributed by atoms with Crippen molar-refractivity contribution in [2.24, 2.45) is 0 Å². The number of carbonyl (C=O) groups is 1. The van der Waals surface area contributed by atoms with Crippen LogP contribution < -0.4 is 4.90 Å². The lowest BCUT2D eigenvalue weighted by Gasteiger charge is -2.22. The molecule has 3 aromatic rings. The standard InChI is InChI=1S/C23H28FN3O3S2/c1-4-17-7-12-20-21(16-17)31-23(25-20)27(14-13-26(2)3)22(28)6-5-15-32(29,30)19-10-8-18(24)9-11-19/h7-12,16H,4-6,13-15H2,1-3H3. The van der Waals surface area contributed by atoms with Crippen molar-refractivity contribution in [3.63, 3.8) is 0 Å². The van der Waals surface area contributed by atoms with Crippen molar-refractivity contribution in [3.8, 4) is 0 Å². The zero-order valence-electron chi connectivity index (χ0n) is 18.5. The molecule has 1 heterocycles. The van der Waals surface area contributed by atoms with E-state index in [-0.39, 0.29) is 29.4 Å². The number of fused-ring (bicyclic) bond motifs is 1. The van der Waals surface area contributed by atoms with E-state index in [2.05, 4.69) is 18.0 Å². The third-order valence-corrected chi connectivity index (χ3v) is 7.99. The van der Waals surface area contributed by atoms with Gasteiger partial charge in [0.1, 0.15) is 5.82 Å². The van der Waals surface area contributed by atoms with Gasteiger partial charge in [-0.2, -0.15) is 0 Å². The van der Waals surface area contributed by atoms with Crippen molar-refractivity contribution >= 4 is 42.4 Å². The van der Waals surface area contributed by atoms with Crippen LogP contribution in [-0.2, 0) is 21.1 Å². The number of benzene rings is 2. The normalized spacial score (nSPS) is 11.9. The molecule has 2 aromatic carbocycles. The van der Waals surface area contributed by atoms with Gasteiger partial charge in [0.2, 0.25) is 5.91 Å². The van der Waals surface area contributed by atoms with Gasteiger partial charge in [0.25, 0.3) is 0 Å². The van der Waals surface area contributed by atoms with E-state index in [1.165, 1.54) is 29.0 Å². The van der Waals surface area contributed by atoms with Crippen LogP contribution >= 0.6 is 11.3 Å². The fourth-order valence-electron chi connectivity index (χ4n) is 3.23. The maximum atomic E-state index is 13.1. The van der Waals surface area contributed by atoms with Crippen molar-refractivity contribution in [2.45, 2.75) is 31.1 Å². The predicted molar refractivity (Wildman–Crippen MR) is 128 cm³/mol. The first-order valence-corrected chi connectivity index (χ1v) is 13.0. The summed E-state index contributed by atoms with van der Waals surface area (Å²) < 4.78 is 39.1. The number of carbonyl (C=O) groups excluding carboxylic acids is 1. The molecule has 0 saturated carbocycles. The van der Waals surface area contributed by atoms with Gasteiger partial charge in [-0.15, -0.1) is 0 Å². The molecular weight excluding hydrogens is 449 g/mol. The monoisotopic (exact) mass is 477 g/mol. The fourth-order valence-corrected chi connectivity index (χ4v) is 5.61. The van der Waals surface area contributed by atoms with Gasteiger partial charge in [-0.05, 0) is 68.9 Å². The lowest BCUT2D eigenvalue weighted by Crippen LogP contribution is -2.36. The Morgan fingerprint density at radius 2 is 1.81 bits per heavy atom. The third-order valence-electron chi connectivity index (χ3n) is 5.13. The van der Waals surface area contributed by atoms with Crippen LogP contribution in [0.25, 0.3) is 10.2 Å². The van der Waals surface area contributed by atoms with Gasteiger partial charge in [-0.3, -0.25) is 9.69 Å². The van der Waals surface area contributed by atoms with Crippen molar-refractivity contribution in [1.82, 2.24) is 9.88 Å². The Morgan fingerprint density at radius 3 is 2.47 bits per heavy atom. The molecule has 9 heteroatoms. The van der Waals surface area contributed by atoms with E-state index in [1.54, 1.807) is 4.90 Å². The van der Waals surface area contributed by atoms with Crippen LogP contribution in [0.1, 0.15) is 25.3 Å². The number of aryl methyl sites for hydroxylation is 1. The summed E-state index contributed by atoms with van der Waals surface area (Å²) in [5.41, 5.74) is 2.06. The van der Waals surface area contributed by atoms with E-state index in [4.69, 9.17) is 0 Å². The SMILES string of the molecule is CCc1ccc2nc(N(CCN(C)C)C(=O)CCCS(=O)(=O)c3ccc(F)cc3)sc2c1. The van der Waals surface area contributed by atoms with E-state index in [0.29, 0.717) is 18.2 Å². The molecule has 172 valence electrons. The van der Waals surface area contributed by atoms with Gasteiger partial charge >= 0.3 is 0 Å². The number of thiazole rings is 1. The maximum Gasteiger partial charge on any atom is 0.228 e. The van der Waals surface area contributed by atoms with Crippen molar-refractivity contribution < 1.29 is 17.6 Å². The number of aromatic nitrogens is 1. The van der Waals surface area contributed by atoms with Crippen LogP contribution in [0.3, 0.4) is 0 Å². The van der Waals surface area contributed by atoms with Gasteiger partial charge in [-0.25, -0.2) is 17.8 Å². The number of halogens is 1. The highest BCUT2D eigenvalue weighted by Gasteiger charge is 2.21.